The van der Waals surface area contributed by atoms with Gasteiger partial charge in [0.1, 0.15) is 5.82 Å². The monoisotopic (exact) mass is 259 g/mol. The molecule has 17 heavy (non-hydrogen) atoms. The predicted molar refractivity (Wildman–Crippen MR) is 68.8 cm³/mol. The van der Waals surface area contributed by atoms with Crippen molar-refractivity contribution in [1.29, 1.82) is 0 Å². The van der Waals surface area contributed by atoms with E-state index in [-0.39, 0.29) is 29.8 Å². The van der Waals surface area contributed by atoms with Gasteiger partial charge >= 0.3 is 0 Å². The summed E-state index contributed by atoms with van der Waals surface area (Å²) in [6.45, 7) is 4.23. The summed E-state index contributed by atoms with van der Waals surface area (Å²) in [6, 6.07) is 6.21. The second-order valence-corrected chi connectivity index (χ2v) is 5.17. The van der Waals surface area contributed by atoms with Gasteiger partial charge in [0.15, 0.2) is 0 Å². The van der Waals surface area contributed by atoms with Gasteiger partial charge in [0.05, 0.1) is 6.10 Å². The lowest BCUT2D eigenvalue weighted by atomic mass is 10.00. The van der Waals surface area contributed by atoms with Gasteiger partial charge in [0, 0.05) is 11.6 Å². The van der Waals surface area contributed by atoms with Gasteiger partial charge in [-0.15, -0.1) is 12.4 Å². The van der Waals surface area contributed by atoms with Crippen molar-refractivity contribution < 1.29 is 9.50 Å². The lowest BCUT2D eigenvalue weighted by Gasteiger charge is -2.23. The largest absolute Gasteiger partial charge is 0.387 e. The first-order chi connectivity index (χ1) is 7.48. The van der Waals surface area contributed by atoms with E-state index in [1.54, 1.807) is 12.1 Å². The van der Waals surface area contributed by atoms with Gasteiger partial charge in [-0.1, -0.05) is 12.1 Å². The molecule has 1 aromatic rings. The summed E-state index contributed by atoms with van der Waals surface area (Å²) in [4.78, 5) is 0. The fraction of sp³-hybridized carbons (Fsp3) is 0.538. The fourth-order valence-electron chi connectivity index (χ4n) is 2.32. The molecular formula is C13H19ClFNO. The van der Waals surface area contributed by atoms with Crippen LogP contribution in [-0.2, 0) is 0 Å². The molecule has 1 heterocycles. The molecule has 0 aromatic heterocycles. The number of benzene rings is 1. The quantitative estimate of drug-likeness (QED) is 0.856. The molecule has 96 valence electrons. The Bertz CT molecular complexity index is 383. The Morgan fingerprint density at radius 2 is 2.18 bits per heavy atom. The number of aliphatic hydroxyl groups excluding tert-OH is 1. The highest BCUT2D eigenvalue weighted by molar-refractivity contribution is 5.85. The van der Waals surface area contributed by atoms with Crippen molar-refractivity contribution in [2.45, 2.75) is 44.4 Å². The maximum Gasteiger partial charge on any atom is 0.123 e. The Labute approximate surface area is 108 Å². The van der Waals surface area contributed by atoms with E-state index in [1.165, 1.54) is 12.1 Å². The van der Waals surface area contributed by atoms with Gasteiger partial charge in [0.25, 0.3) is 0 Å². The molecule has 0 unspecified atom stereocenters. The molecule has 1 fully saturated rings. The third kappa shape index (κ3) is 3.41. The third-order valence-corrected chi connectivity index (χ3v) is 3.23. The molecule has 4 heteroatoms. The first-order valence-corrected chi connectivity index (χ1v) is 5.69. The number of aliphatic hydroxyl groups is 1. The third-order valence-electron chi connectivity index (χ3n) is 3.23. The summed E-state index contributed by atoms with van der Waals surface area (Å²) < 4.78 is 13.0. The molecule has 0 spiro atoms. The average Bonchev–Trinajstić information content (AvgIpc) is 2.58. The van der Waals surface area contributed by atoms with E-state index in [0.29, 0.717) is 5.56 Å². The molecule has 2 atom stereocenters. The topological polar surface area (TPSA) is 32.3 Å². The van der Waals surface area contributed by atoms with Crippen LogP contribution in [0, 0.1) is 5.82 Å². The maximum atomic E-state index is 13.0. The van der Waals surface area contributed by atoms with Crippen LogP contribution in [0.4, 0.5) is 4.39 Å². The Morgan fingerprint density at radius 1 is 1.47 bits per heavy atom. The Kier molecular flexibility index (Phi) is 4.53. The zero-order chi connectivity index (χ0) is 11.8. The van der Waals surface area contributed by atoms with Crippen LogP contribution in [0.2, 0.25) is 0 Å². The molecule has 1 saturated heterocycles. The molecule has 2 nitrogen and oxygen atoms in total. The summed E-state index contributed by atoms with van der Waals surface area (Å²) in [5, 5.41) is 13.5. The number of halogens is 2. The first-order valence-electron chi connectivity index (χ1n) is 5.69. The van der Waals surface area contributed by atoms with Crippen LogP contribution >= 0.6 is 12.4 Å². The summed E-state index contributed by atoms with van der Waals surface area (Å²) in [5.74, 6) is -0.297. The first kappa shape index (κ1) is 14.4. The zero-order valence-electron chi connectivity index (χ0n) is 10.1. The van der Waals surface area contributed by atoms with Crippen LogP contribution in [0.1, 0.15) is 38.4 Å². The molecule has 0 amide bonds. The van der Waals surface area contributed by atoms with Crippen molar-refractivity contribution in [3.05, 3.63) is 35.6 Å². The standard InChI is InChI=1S/C13H18FNO.ClH/c1-13(2)7-6-11(15-13)12(16)9-4-3-5-10(14)8-9;/h3-5,8,11-12,15-16H,6-7H2,1-2H3;1H/t11-,12-;/m1./s1. The average molecular weight is 260 g/mol. The molecule has 0 radical (unpaired) electrons. The van der Waals surface area contributed by atoms with Crippen LogP contribution in [0.25, 0.3) is 0 Å². The molecule has 0 bridgehead atoms. The van der Waals surface area contributed by atoms with Crippen molar-refractivity contribution in [3.63, 3.8) is 0 Å². The summed E-state index contributed by atoms with van der Waals surface area (Å²) >= 11 is 0. The minimum Gasteiger partial charge on any atom is -0.387 e. The fourth-order valence-corrected chi connectivity index (χ4v) is 2.32. The second-order valence-electron chi connectivity index (χ2n) is 5.17. The molecule has 1 aliphatic rings. The number of nitrogens with one attached hydrogen (secondary N) is 1. The van der Waals surface area contributed by atoms with Gasteiger partial charge in [-0.05, 0) is 44.4 Å². The van der Waals surface area contributed by atoms with Crippen molar-refractivity contribution in [1.82, 2.24) is 5.32 Å². The second kappa shape index (κ2) is 5.34. The highest BCUT2D eigenvalue weighted by Gasteiger charge is 2.34. The van der Waals surface area contributed by atoms with Gasteiger partial charge in [0.2, 0.25) is 0 Å². The molecular weight excluding hydrogens is 241 g/mol. The van der Waals surface area contributed by atoms with Crippen molar-refractivity contribution >= 4 is 12.4 Å². The van der Waals surface area contributed by atoms with Gasteiger partial charge in [-0.2, -0.15) is 0 Å². The highest BCUT2D eigenvalue weighted by Crippen LogP contribution is 2.30. The van der Waals surface area contributed by atoms with Crippen LogP contribution < -0.4 is 5.32 Å². The molecule has 2 N–H and O–H groups in total. The molecule has 1 aromatic carbocycles. The molecule has 2 rings (SSSR count). The SMILES string of the molecule is CC1(C)CC[C@H]([C@H](O)c2cccc(F)c2)N1.Cl. The summed E-state index contributed by atoms with van der Waals surface area (Å²) in [5.41, 5.74) is 0.717. The number of hydrogen-bond acceptors (Lipinski definition) is 2. The minimum absolute atomic E-state index is 0. The van der Waals surface area contributed by atoms with Crippen molar-refractivity contribution in [2.24, 2.45) is 0 Å². The van der Waals surface area contributed by atoms with Crippen molar-refractivity contribution in [3.8, 4) is 0 Å². The van der Waals surface area contributed by atoms with E-state index in [1.807, 2.05) is 0 Å². The highest BCUT2D eigenvalue weighted by atomic mass is 35.5. The van der Waals surface area contributed by atoms with E-state index in [4.69, 9.17) is 0 Å². The van der Waals surface area contributed by atoms with Crippen LogP contribution in [0.3, 0.4) is 0 Å². The van der Waals surface area contributed by atoms with Crippen LogP contribution in [0.5, 0.6) is 0 Å². The number of hydrogen-bond donors (Lipinski definition) is 2. The van der Waals surface area contributed by atoms with E-state index < -0.39 is 6.10 Å². The van der Waals surface area contributed by atoms with Crippen LogP contribution in [0.15, 0.2) is 24.3 Å². The molecule has 0 saturated carbocycles. The van der Waals surface area contributed by atoms with Gasteiger partial charge in [-0.3, -0.25) is 0 Å². The smallest absolute Gasteiger partial charge is 0.123 e. The Morgan fingerprint density at radius 3 is 2.71 bits per heavy atom. The minimum atomic E-state index is -0.627. The van der Waals surface area contributed by atoms with Gasteiger partial charge < -0.3 is 10.4 Å². The maximum absolute atomic E-state index is 13.0. The van der Waals surface area contributed by atoms with E-state index >= 15 is 0 Å². The zero-order valence-corrected chi connectivity index (χ0v) is 10.9. The molecule has 1 aliphatic heterocycles. The summed E-state index contributed by atoms with van der Waals surface area (Å²) in [7, 11) is 0. The normalized spacial score (nSPS) is 24.1. The Balaban J connectivity index is 0.00000144. The van der Waals surface area contributed by atoms with E-state index in [9.17, 15) is 9.50 Å². The lowest BCUT2D eigenvalue weighted by molar-refractivity contribution is 0.131. The van der Waals surface area contributed by atoms with Crippen LogP contribution in [-0.4, -0.2) is 16.7 Å². The number of rotatable bonds is 2. The van der Waals surface area contributed by atoms with Gasteiger partial charge in [-0.25, -0.2) is 4.39 Å². The Hall–Kier alpha value is -0.640. The van der Waals surface area contributed by atoms with Crippen molar-refractivity contribution in [2.75, 3.05) is 0 Å². The lowest BCUT2D eigenvalue weighted by Crippen LogP contribution is -2.40. The van der Waals surface area contributed by atoms with E-state index in [0.717, 1.165) is 12.8 Å². The molecule has 0 aliphatic carbocycles. The van der Waals surface area contributed by atoms with E-state index in [2.05, 4.69) is 19.2 Å². The predicted octanol–water partition coefficient (Wildman–Crippen LogP) is 2.81. The summed E-state index contributed by atoms with van der Waals surface area (Å²) in [6.07, 6.45) is 1.33.